The molecule has 0 spiro atoms. The van der Waals surface area contributed by atoms with E-state index in [0.29, 0.717) is 24.0 Å². The number of nitrogens with one attached hydrogen (secondary N) is 1. The van der Waals surface area contributed by atoms with Crippen molar-refractivity contribution < 1.29 is 4.79 Å². The zero-order chi connectivity index (χ0) is 13.8. The fraction of sp³-hybridized carbons (Fsp3) is 0.692. The van der Waals surface area contributed by atoms with Crippen LogP contribution in [0.5, 0.6) is 0 Å². The first-order valence-electron chi connectivity index (χ1n) is 6.85. The molecule has 0 unspecified atom stereocenters. The highest BCUT2D eigenvalue weighted by molar-refractivity contribution is 5.97. The van der Waals surface area contributed by atoms with E-state index in [1.807, 2.05) is 23.7 Å². The maximum Gasteiger partial charge on any atom is 0.271 e. The highest BCUT2D eigenvalue weighted by Gasteiger charge is 2.24. The first-order valence-corrected chi connectivity index (χ1v) is 6.85. The number of anilines is 1. The summed E-state index contributed by atoms with van der Waals surface area (Å²) in [5.74, 6) is -0.122. The lowest BCUT2D eigenvalue weighted by Crippen LogP contribution is -2.33. The number of nitrogens with zero attached hydrogens (tertiary/aromatic N) is 3. The molecule has 1 aliphatic rings. The van der Waals surface area contributed by atoms with Crippen LogP contribution in [0.4, 0.5) is 5.69 Å². The standard InChI is InChI=1S/C13H23N5O/c1-17(2)8-7-15-13(19)12-11(14)9-16-18(12)10-5-3-4-6-10/h9-10H,3-8,14H2,1-2H3,(H,15,19). The van der Waals surface area contributed by atoms with Crippen molar-refractivity contribution in [3.05, 3.63) is 11.9 Å². The number of aromatic nitrogens is 2. The molecule has 1 aromatic heterocycles. The molecule has 6 nitrogen and oxygen atoms in total. The predicted molar refractivity (Wildman–Crippen MR) is 75.0 cm³/mol. The first-order chi connectivity index (χ1) is 9.09. The SMILES string of the molecule is CN(C)CCNC(=O)c1c(N)cnn1C1CCCC1. The molecule has 19 heavy (non-hydrogen) atoms. The Morgan fingerprint density at radius 3 is 2.84 bits per heavy atom. The monoisotopic (exact) mass is 265 g/mol. The van der Waals surface area contributed by atoms with Gasteiger partial charge in [-0.15, -0.1) is 0 Å². The number of nitrogen functional groups attached to an aromatic ring is 1. The summed E-state index contributed by atoms with van der Waals surface area (Å²) in [7, 11) is 3.95. The maximum absolute atomic E-state index is 12.2. The molecule has 1 aliphatic carbocycles. The van der Waals surface area contributed by atoms with Crippen molar-refractivity contribution in [3.8, 4) is 0 Å². The van der Waals surface area contributed by atoms with Crippen molar-refractivity contribution in [2.45, 2.75) is 31.7 Å². The van der Waals surface area contributed by atoms with Crippen LogP contribution in [0, 0.1) is 0 Å². The Morgan fingerprint density at radius 2 is 2.21 bits per heavy atom. The fourth-order valence-electron chi connectivity index (χ4n) is 2.51. The van der Waals surface area contributed by atoms with Crippen LogP contribution in [0.3, 0.4) is 0 Å². The van der Waals surface area contributed by atoms with Gasteiger partial charge in [-0.2, -0.15) is 5.10 Å². The summed E-state index contributed by atoms with van der Waals surface area (Å²) in [6, 6.07) is 0.326. The molecular formula is C13H23N5O. The lowest BCUT2D eigenvalue weighted by Gasteiger charge is -2.15. The molecule has 1 amide bonds. The highest BCUT2D eigenvalue weighted by Crippen LogP contribution is 2.31. The minimum absolute atomic E-state index is 0.122. The van der Waals surface area contributed by atoms with Gasteiger partial charge in [0, 0.05) is 13.1 Å². The Morgan fingerprint density at radius 1 is 1.53 bits per heavy atom. The van der Waals surface area contributed by atoms with E-state index in [1.165, 1.54) is 12.8 Å². The second kappa shape index (κ2) is 6.06. The van der Waals surface area contributed by atoms with Gasteiger partial charge in [0.2, 0.25) is 0 Å². The summed E-state index contributed by atoms with van der Waals surface area (Å²) in [6.45, 7) is 1.42. The van der Waals surface area contributed by atoms with E-state index < -0.39 is 0 Å². The summed E-state index contributed by atoms with van der Waals surface area (Å²) in [4.78, 5) is 14.2. The first kappa shape index (κ1) is 13.9. The zero-order valence-corrected chi connectivity index (χ0v) is 11.7. The van der Waals surface area contributed by atoms with Gasteiger partial charge in [0.25, 0.3) is 5.91 Å². The van der Waals surface area contributed by atoms with Crippen molar-refractivity contribution in [2.24, 2.45) is 0 Å². The summed E-state index contributed by atoms with van der Waals surface area (Å²) < 4.78 is 1.81. The third-order valence-electron chi connectivity index (χ3n) is 3.55. The zero-order valence-electron chi connectivity index (χ0n) is 11.7. The van der Waals surface area contributed by atoms with Crippen LogP contribution in [-0.2, 0) is 0 Å². The minimum atomic E-state index is -0.122. The molecule has 0 saturated heterocycles. The van der Waals surface area contributed by atoms with Crippen molar-refractivity contribution in [1.29, 1.82) is 0 Å². The number of carbonyl (C=O) groups excluding carboxylic acids is 1. The van der Waals surface area contributed by atoms with Crippen molar-refractivity contribution in [1.82, 2.24) is 20.0 Å². The van der Waals surface area contributed by atoms with Crippen LogP contribution >= 0.6 is 0 Å². The summed E-state index contributed by atoms with van der Waals surface area (Å²) >= 11 is 0. The van der Waals surface area contributed by atoms with Crippen LogP contribution in [0.25, 0.3) is 0 Å². The average Bonchev–Trinajstić information content (AvgIpc) is 2.96. The largest absolute Gasteiger partial charge is 0.396 e. The lowest BCUT2D eigenvalue weighted by atomic mass is 10.2. The summed E-state index contributed by atoms with van der Waals surface area (Å²) in [5, 5.41) is 7.18. The molecule has 0 aliphatic heterocycles. The Kier molecular flexibility index (Phi) is 4.42. The minimum Gasteiger partial charge on any atom is -0.396 e. The molecule has 0 bridgehead atoms. The summed E-state index contributed by atoms with van der Waals surface area (Å²) in [5.41, 5.74) is 6.87. The van der Waals surface area contributed by atoms with Crippen molar-refractivity contribution >= 4 is 11.6 Å². The Bertz CT molecular complexity index is 434. The quantitative estimate of drug-likeness (QED) is 0.828. The average molecular weight is 265 g/mol. The smallest absolute Gasteiger partial charge is 0.271 e. The molecule has 6 heteroatoms. The second-order valence-electron chi connectivity index (χ2n) is 5.39. The Labute approximate surface area is 113 Å². The van der Waals surface area contributed by atoms with E-state index >= 15 is 0 Å². The number of carbonyl (C=O) groups is 1. The number of hydrogen-bond donors (Lipinski definition) is 2. The van der Waals surface area contributed by atoms with E-state index in [-0.39, 0.29) is 5.91 Å². The van der Waals surface area contributed by atoms with Crippen molar-refractivity contribution in [3.63, 3.8) is 0 Å². The van der Waals surface area contributed by atoms with Crippen LogP contribution in [0.15, 0.2) is 6.20 Å². The van der Waals surface area contributed by atoms with Gasteiger partial charge in [0.15, 0.2) is 0 Å². The molecule has 1 saturated carbocycles. The molecule has 2 rings (SSSR count). The summed E-state index contributed by atoms with van der Waals surface area (Å²) in [6.07, 6.45) is 6.15. The van der Waals surface area contributed by atoms with E-state index in [9.17, 15) is 4.79 Å². The molecule has 1 aromatic rings. The molecule has 3 N–H and O–H groups in total. The van der Waals surface area contributed by atoms with Crippen LogP contribution in [-0.4, -0.2) is 47.8 Å². The molecule has 1 heterocycles. The molecule has 106 valence electrons. The Hall–Kier alpha value is -1.56. The van der Waals surface area contributed by atoms with E-state index in [2.05, 4.69) is 10.4 Å². The van der Waals surface area contributed by atoms with Gasteiger partial charge in [-0.25, -0.2) is 0 Å². The van der Waals surface area contributed by atoms with Gasteiger partial charge >= 0.3 is 0 Å². The number of hydrogen-bond acceptors (Lipinski definition) is 4. The van der Waals surface area contributed by atoms with Crippen LogP contribution in [0.1, 0.15) is 42.2 Å². The van der Waals surface area contributed by atoms with Gasteiger partial charge in [0.1, 0.15) is 5.69 Å². The fourth-order valence-corrected chi connectivity index (χ4v) is 2.51. The highest BCUT2D eigenvalue weighted by atomic mass is 16.2. The van der Waals surface area contributed by atoms with Crippen molar-refractivity contribution in [2.75, 3.05) is 32.9 Å². The maximum atomic E-state index is 12.2. The molecule has 1 fully saturated rings. The number of likely N-dealkylation sites (N-methyl/N-ethyl adjacent to an activating group) is 1. The second-order valence-corrected chi connectivity index (χ2v) is 5.39. The van der Waals surface area contributed by atoms with Gasteiger partial charge in [-0.1, -0.05) is 12.8 Å². The topological polar surface area (TPSA) is 76.2 Å². The molecule has 0 atom stereocenters. The molecular weight excluding hydrogens is 242 g/mol. The van der Waals surface area contributed by atoms with Gasteiger partial charge in [-0.05, 0) is 26.9 Å². The van der Waals surface area contributed by atoms with E-state index in [1.54, 1.807) is 6.20 Å². The number of rotatable bonds is 5. The molecule has 0 aromatic carbocycles. The molecule has 0 radical (unpaired) electrons. The Balaban J connectivity index is 2.05. The number of amides is 1. The lowest BCUT2D eigenvalue weighted by molar-refractivity contribution is 0.0938. The van der Waals surface area contributed by atoms with Crippen LogP contribution in [0.2, 0.25) is 0 Å². The van der Waals surface area contributed by atoms with E-state index in [0.717, 1.165) is 19.4 Å². The van der Waals surface area contributed by atoms with Gasteiger partial charge < -0.3 is 16.0 Å². The third kappa shape index (κ3) is 3.26. The number of nitrogens with two attached hydrogens (primary N) is 1. The van der Waals surface area contributed by atoms with Crippen LogP contribution < -0.4 is 11.1 Å². The third-order valence-corrected chi connectivity index (χ3v) is 3.55. The van der Waals surface area contributed by atoms with Gasteiger partial charge in [0.05, 0.1) is 17.9 Å². The van der Waals surface area contributed by atoms with E-state index in [4.69, 9.17) is 5.73 Å². The predicted octanol–water partition coefficient (Wildman–Crippen LogP) is 0.872. The normalized spacial score (nSPS) is 16.2. The van der Waals surface area contributed by atoms with Gasteiger partial charge in [-0.3, -0.25) is 9.48 Å².